The number of hydrogen-bond donors (Lipinski definition) is 1. The highest BCUT2D eigenvalue weighted by Crippen LogP contribution is 2.37. The Morgan fingerprint density at radius 3 is 2.61 bits per heavy atom. The molecule has 1 aliphatic heterocycles. The summed E-state index contributed by atoms with van der Waals surface area (Å²) in [5.74, 6) is 0. The first-order valence-corrected chi connectivity index (χ1v) is 8.65. The lowest BCUT2D eigenvalue weighted by atomic mass is 9.97. The zero-order chi connectivity index (χ0) is 17.1. The van der Waals surface area contributed by atoms with E-state index in [1.54, 1.807) is 7.11 Å². The molecule has 1 heterocycles. The topological polar surface area (TPSA) is 54.0 Å². The van der Waals surface area contributed by atoms with Crippen molar-refractivity contribution in [2.24, 2.45) is 0 Å². The molecule has 2 fully saturated rings. The highest BCUT2D eigenvalue weighted by atomic mass is 16.5. The van der Waals surface area contributed by atoms with E-state index in [1.165, 1.54) is 12.8 Å². The molecule has 0 aromatic heterocycles. The third-order valence-electron chi connectivity index (χ3n) is 5.05. The van der Waals surface area contributed by atoms with Gasteiger partial charge in [-0.15, -0.1) is 0 Å². The summed E-state index contributed by atoms with van der Waals surface area (Å²) in [5.41, 5.74) is -0.471. The molecule has 2 aliphatic rings. The fourth-order valence-corrected chi connectivity index (χ4v) is 3.44. The third kappa shape index (κ3) is 4.81. The Morgan fingerprint density at radius 2 is 2.04 bits per heavy atom. The number of carbonyl (C=O) groups is 1. The summed E-state index contributed by atoms with van der Waals surface area (Å²) in [4.78, 5) is 16.9. The molecule has 23 heavy (non-hydrogen) atoms. The first-order valence-electron chi connectivity index (χ1n) is 8.65. The van der Waals surface area contributed by atoms with Crippen LogP contribution in [0.2, 0.25) is 0 Å². The van der Waals surface area contributed by atoms with Crippen LogP contribution < -0.4 is 5.32 Å². The molecule has 6 nitrogen and oxygen atoms in total. The Morgan fingerprint density at radius 1 is 1.39 bits per heavy atom. The van der Waals surface area contributed by atoms with E-state index < -0.39 is 0 Å². The minimum absolute atomic E-state index is 0.00319. The minimum atomic E-state index is -0.357. The Balaban J connectivity index is 2.03. The van der Waals surface area contributed by atoms with E-state index in [9.17, 15) is 4.79 Å². The van der Waals surface area contributed by atoms with Gasteiger partial charge in [0.2, 0.25) is 0 Å². The fourth-order valence-electron chi connectivity index (χ4n) is 3.44. The van der Waals surface area contributed by atoms with Crippen LogP contribution in [0.25, 0.3) is 0 Å². The normalized spacial score (nSPS) is 24.4. The van der Waals surface area contributed by atoms with Gasteiger partial charge in [-0.3, -0.25) is 0 Å². The van der Waals surface area contributed by atoms with Gasteiger partial charge < -0.3 is 24.6 Å². The Bertz CT molecular complexity index is 406. The number of methoxy groups -OCH3 is 1. The molecule has 1 aliphatic carbocycles. The standard InChI is InChI=1S/C17H33N3O3/c1-16(2,22-5)12-18-15(21)20-13-17(8-6-7-9-17)23-11-14(20)10-19(3)4/h14H,6-13H2,1-5H3,(H,18,21). The zero-order valence-electron chi connectivity index (χ0n) is 15.4. The SMILES string of the molecule is COC(C)(C)CNC(=O)N1CC2(CCCC2)OCC1CN(C)C. The molecular formula is C17H33N3O3. The molecule has 1 atom stereocenters. The molecule has 1 spiro atoms. The average molecular weight is 327 g/mol. The minimum Gasteiger partial charge on any atom is -0.377 e. The second-order valence-corrected chi connectivity index (χ2v) is 7.87. The summed E-state index contributed by atoms with van der Waals surface area (Å²) in [6.07, 6.45) is 4.53. The quantitative estimate of drug-likeness (QED) is 0.835. The summed E-state index contributed by atoms with van der Waals surface area (Å²) in [7, 11) is 5.73. The van der Waals surface area contributed by atoms with Gasteiger partial charge in [0.1, 0.15) is 0 Å². The van der Waals surface area contributed by atoms with Crippen LogP contribution in [0.1, 0.15) is 39.5 Å². The van der Waals surface area contributed by atoms with E-state index in [1.807, 2.05) is 32.8 Å². The van der Waals surface area contributed by atoms with Crippen molar-refractivity contribution in [2.45, 2.75) is 56.8 Å². The van der Waals surface area contributed by atoms with Gasteiger partial charge in [-0.1, -0.05) is 12.8 Å². The first kappa shape index (κ1) is 18.5. The van der Waals surface area contributed by atoms with E-state index in [0.29, 0.717) is 19.7 Å². The van der Waals surface area contributed by atoms with Gasteiger partial charge in [-0.05, 0) is 40.8 Å². The summed E-state index contributed by atoms with van der Waals surface area (Å²) in [6, 6.07) is 0.0958. The Labute approximate surface area is 140 Å². The number of amides is 2. The van der Waals surface area contributed by atoms with E-state index >= 15 is 0 Å². The lowest BCUT2D eigenvalue weighted by Crippen LogP contribution is -2.62. The number of ether oxygens (including phenoxy) is 2. The lowest BCUT2D eigenvalue weighted by Gasteiger charge is -2.46. The van der Waals surface area contributed by atoms with Crippen molar-refractivity contribution in [3.05, 3.63) is 0 Å². The molecule has 134 valence electrons. The number of nitrogens with one attached hydrogen (secondary N) is 1. The van der Waals surface area contributed by atoms with Crippen LogP contribution >= 0.6 is 0 Å². The van der Waals surface area contributed by atoms with Crippen molar-refractivity contribution >= 4 is 6.03 Å². The second kappa shape index (κ2) is 7.36. The summed E-state index contributed by atoms with van der Waals surface area (Å²) >= 11 is 0. The van der Waals surface area contributed by atoms with Crippen molar-refractivity contribution in [2.75, 3.05) is 47.4 Å². The number of morpholine rings is 1. The van der Waals surface area contributed by atoms with Gasteiger partial charge in [0.05, 0.1) is 30.4 Å². The van der Waals surface area contributed by atoms with Crippen molar-refractivity contribution in [3.63, 3.8) is 0 Å². The van der Waals surface area contributed by atoms with E-state index in [4.69, 9.17) is 9.47 Å². The van der Waals surface area contributed by atoms with E-state index in [-0.39, 0.29) is 23.3 Å². The maximum Gasteiger partial charge on any atom is 0.317 e. The molecule has 2 rings (SSSR count). The van der Waals surface area contributed by atoms with Crippen molar-refractivity contribution in [3.8, 4) is 0 Å². The molecule has 1 N–H and O–H groups in total. The maximum atomic E-state index is 12.8. The van der Waals surface area contributed by atoms with Crippen LogP contribution in [-0.4, -0.2) is 80.5 Å². The number of likely N-dealkylation sites (N-methyl/N-ethyl adjacent to an activating group) is 1. The van der Waals surface area contributed by atoms with E-state index in [0.717, 1.165) is 19.4 Å². The highest BCUT2D eigenvalue weighted by molar-refractivity contribution is 5.75. The Kier molecular flexibility index (Phi) is 5.92. The van der Waals surface area contributed by atoms with Crippen LogP contribution in [0.15, 0.2) is 0 Å². The van der Waals surface area contributed by atoms with Gasteiger partial charge in [-0.2, -0.15) is 0 Å². The molecular weight excluding hydrogens is 294 g/mol. The summed E-state index contributed by atoms with van der Waals surface area (Å²) in [5, 5.41) is 3.04. The monoisotopic (exact) mass is 327 g/mol. The number of urea groups is 1. The third-order valence-corrected chi connectivity index (χ3v) is 5.05. The molecule has 0 aromatic rings. The second-order valence-electron chi connectivity index (χ2n) is 7.87. The predicted octanol–water partition coefficient (Wildman–Crippen LogP) is 1.70. The van der Waals surface area contributed by atoms with Crippen LogP contribution in [0.5, 0.6) is 0 Å². The van der Waals surface area contributed by atoms with Crippen LogP contribution in [0.4, 0.5) is 4.79 Å². The number of nitrogens with zero attached hydrogens (tertiary/aromatic N) is 2. The molecule has 0 aromatic carbocycles. The smallest absolute Gasteiger partial charge is 0.317 e. The molecule has 0 radical (unpaired) electrons. The zero-order valence-corrected chi connectivity index (χ0v) is 15.4. The fraction of sp³-hybridized carbons (Fsp3) is 0.941. The van der Waals surface area contributed by atoms with Crippen LogP contribution in [-0.2, 0) is 9.47 Å². The van der Waals surface area contributed by atoms with Crippen molar-refractivity contribution in [1.82, 2.24) is 15.1 Å². The molecule has 0 bridgehead atoms. The molecule has 2 amide bonds. The lowest BCUT2D eigenvalue weighted by molar-refractivity contribution is -0.119. The molecule has 1 saturated carbocycles. The van der Waals surface area contributed by atoms with Gasteiger partial charge in [0.25, 0.3) is 0 Å². The van der Waals surface area contributed by atoms with Crippen molar-refractivity contribution < 1.29 is 14.3 Å². The Hall–Kier alpha value is -0.850. The average Bonchev–Trinajstić information content (AvgIpc) is 2.95. The summed E-state index contributed by atoms with van der Waals surface area (Å²) in [6.45, 7) is 6.59. The van der Waals surface area contributed by atoms with Crippen LogP contribution in [0.3, 0.4) is 0 Å². The molecule has 6 heteroatoms. The van der Waals surface area contributed by atoms with E-state index in [2.05, 4.69) is 10.2 Å². The molecule has 1 saturated heterocycles. The number of carbonyl (C=O) groups excluding carboxylic acids is 1. The van der Waals surface area contributed by atoms with Gasteiger partial charge in [0.15, 0.2) is 0 Å². The van der Waals surface area contributed by atoms with Gasteiger partial charge in [-0.25, -0.2) is 4.79 Å². The summed E-state index contributed by atoms with van der Waals surface area (Å²) < 4.78 is 11.6. The number of hydrogen-bond acceptors (Lipinski definition) is 4. The molecule has 1 unspecified atom stereocenters. The largest absolute Gasteiger partial charge is 0.377 e. The van der Waals surface area contributed by atoms with Gasteiger partial charge >= 0.3 is 6.03 Å². The van der Waals surface area contributed by atoms with Crippen LogP contribution in [0, 0.1) is 0 Å². The predicted molar refractivity (Wildman–Crippen MR) is 90.7 cm³/mol. The van der Waals surface area contributed by atoms with Crippen molar-refractivity contribution in [1.29, 1.82) is 0 Å². The van der Waals surface area contributed by atoms with Gasteiger partial charge in [0, 0.05) is 20.2 Å². The highest BCUT2D eigenvalue weighted by Gasteiger charge is 2.44. The first-order chi connectivity index (χ1) is 10.8. The maximum absolute atomic E-state index is 12.8. The number of rotatable bonds is 5.